The second kappa shape index (κ2) is 5.54. The summed E-state index contributed by atoms with van der Waals surface area (Å²) in [7, 11) is -3.69. The monoisotopic (exact) mass is 320 g/mol. The minimum absolute atomic E-state index is 0.0616. The fraction of sp³-hybridized carbons (Fsp3) is 0.286. The fourth-order valence-corrected chi connectivity index (χ4v) is 3.24. The number of carbonyl (C=O) groups is 1. The summed E-state index contributed by atoms with van der Waals surface area (Å²) in [6.45, 7) is 0.747. The third kappa shape index (κ3) is 3.02. The molecule has 1 atom stereocenters. The normalized spacial score (nSPS) is 18.9. The lowest BCUT2D eigenvalue weighted by Gasteiger charge is -2.16. The van der Waals surface area contributed by atoms with Crippen LogP contribution in [0.3, 0.4) is 0 Å². The predicted molar refractivity (Wildman–Crippen MR) is 81.6 cm³/mol. The van der Waals surface area contributed by atoms with E-state index in [9.17, 15) is 13.2 Å². The second-order valence-electron chi connectivity index (χ2n) is 5.29. The molecule has 2 aromatic rings. The number of nitrogens with zero attached hydrogens (tertiary/aromatic N) is 3. The topological polar surface area (TPSA) is 98.3 Å². The zero-order valence-corrected chi connectivity index (χ0v) is 12.6. The van der Waals surface area contributed by atoms with E-state index in [-0.39, 0.29) is 18.9 Å². The highest BCUT2D eigenvalue weighted by atomic mass is 32.2. The molecule has 8 heteroatoms. The van der Waals surface area contributed by atoms with E-state index in [1.165, 1.54) is 4.90 Å². The molecule has 0 radical (unpaired) electrons. The van der Waals surface area contributed by atoms with Crippen LogP contribution in [0.15, 0.2) is 42.7 Å². The molecule has 0 bridgehead atoms. The number of hydrogen-bond donors (Lipinski definition) is 1. The molecule has 0 saturated carbocycles. The average Bonchev–Trinajstić information content (AvgIpc) is 3.09. The van der Waals surface area contributed by atoms with Crippen LogP contribution >= 0.6 is 0 Å². The van der Waals surface area contributed by atoms with Crippen molar-refractivity contribution in [2.24, 2.45) is 5.14 Å². The highest BCUT2D eigenvalue weighted by Crippen LogP contribution is 2.24. The van der Waals surface area contributed by atoms with E-state index in [0.29, 0.717) is 12.2 Å². The maximum absolute atomic E-state index is 12.0. The predicted octanol–water partition coefficient (Wildman–Crippen LogP) is 0.325. The zero-order valence-electron chi connectivity index (χ0n) is 11.8. The summed E-state index contributed by atoms with van der Waals surface area (Å²) in [5, 5.41) is 8.43. The summed E-state index contributed by atoms with van der Waals surface area (Å²) in [5.74, 6) is -0.223. The first-order valence-electron chi connectivity index (χ1n) is 6.82. The molecule has 1 aromatic heterocycles. The van der Waals surface area contributed by atoms with E-state index in [1.54, 1.807) is 10.9 Å². The number of amides is 1. The third-order valence-corrected chi connectivity index (χ3v) is 4.95. The Kier molecular flexibility index (Phi) is 3.71. The first-order chi connectivity index (χ1) is 10.4. The van der Waals surface area contributed by atoms with Crippen molar-refractivity contribution in [3.63, 3.8) is 0 Å². The third-order valence-electron chi connectivity index (χ3n) is 3.71. The zero-order chi connectivity index (χ0) is 15.7. The van der Waals surface area contributed by atoms with Gasteiger partial charge in [-0.1, -0.05) is 12.1 Å². The summed E-state index contributed by atoms with van der Waals surface area (Å²) in [5.41, 5.74) is 1.72. The average molecular weight is 320 g/mol. The Morgan fingerprint density at radius 3 is 2.55 bits per heavy atom. The number of rotatable bonds is 4. The number of primary sulfonamides is 1. The quantitative estimate of drug-likeness (QED) is 0.877. The van der Waals surface area contributed by atoms with E-state index in [1.807, 2.05) is 36.5 Å². The molecule has 0 spiro atoms. The molecule has 7 nitrogen and oxygen atoms in total. The van der Waals surface area contributed by atoms with Crippen molar-refractivity contribution in [2.75, 3.05) is 11.4 Å². The van der Waals surface area contributed by atoms with E-state index in [4.69, 9.17) is 5.14 Å². The van der Waals surface area contributed by atoms with E-state index in [2.05, 4.69) is 5.10 Å². The van der Waals surface area contributed by atoms with Gasteiger partial charge in [-0.15, -0.1) is 0 Å². The summed E-state index contributed by atoms with van der Waals surface area (Å²) in [4.78, 5) is 13.4. The van der Waals surface area contributed by atoms with Gasteiger partial charge in [0.05, 0.1) is 6.54 Å². The van der Waals surface area contributed by atoms with Crippen molar-refractivity contribution >= 4 is 21.6 Å². The van der Waals surface area contributed by atoms with Crippen LogP contribution in [0.4, 0.5) is 5.69 Å². The maximum atomic E-state index is 12.0. The van der Waals surface area contributed by atoms with Crippen LogP contribution in [0.1, 0.15) is 12.0 Å². The molecular formula is C14H16N4O3S. The number of nitrogens with two attached hydrogens (primary N) is 1. The molecule has 1 aliphatic heterocycles. The molecule has 22 heavy (non-hydrogen) atoms. The largest absolute Gasteiger partial charge is 0.311 e. The molecule has 3 rings (SSSR count). The van der Waals surface area contributed by atoms with Gasteiger partial charge in [-0.2, -0.15) is 5.10 Å². The van der Waals surface area contributed by atoms with Crippen LogP contribution in [0.2, 0.25) is 0 Å². The molecule has 1 amide bonds. The summed E-state index contributed by atoms with van der Waals surface area (Å²) < 4.78 is 24.6. The first kappa shape index (κ1) is 14.7. The van der Waals surface area contributed by atoms with Gasteiger partial charge in [0.1, 0.15) is 5.25 Å². The lowest BCUT2D eigenvalue weighted by Crippen LogP contribution is -2.32. The standard InChI is InChI=1S/C14H16N4O3S/c15-22(20,21)13-8-14(19)18(10-13)12-4-2-11(3-5-12)9-17-7-1-6-16-17/h1-7,13H,8-10H2,(H2,15,20,21). The van der Waals surface area contributed by atoms with Crippen molar-refractivity contribution in [1.82, 2.24) is 9.78 Å². The highest BCUT2D eigenvalue weighted by molar-refractivity contribution is 7.89. The highest BCUT2D eigenvalue weighted by Gasteiger charge is 2.37. The Balaban J connectivity index is 1.74. The van der Waals surface area contributed by atoms with Gasteiger partial charge in [0, 0.05) is 31.0 Å². The summed E-state index contributed by atoms with van der Waals surface area (Å²) in [6.07, 6.45) is 3.52. The summed E-state index contributed by atoms with van der Waals surface area (Å²) in [6, 6.07) is 9.26. The maximum Gasteiger partial charge on any atom is 0.228 e. The second-order valence-corrected chi connectivity index (χ2v) is 7.13. The molecule has 1 aliphatic rings. The molecule has 2 heterocycles. The van der Waals surface area contributed by atoms with Gasteiger partial charge < -0.3 is 4.90 Å². The molecule has 1 saturated heterocycles. The number of hydrogen-bond acceptors (Lipinski definition) is 4. The Morgan fingerprint density at radius 1 is 1.27 bits per heavy atom. The minimum Gasteiger partial charge on any atom is -0.311 e. The van der Waals surface area contributed by atoms with Gasteiger partial charge in [0.15, 0.2) is 0 Å². The van der Waals surface area contributed by atoms with Crippen LogP contribution in [-0.2, 0) is 21.4 Å². The SMILES string of the molecule is NS(=O)(=O)C1CC(=O)N(c2ccc(Cn3cccn3)cc2)C1. The Bertz CT molecular complexity index is 769. The van der Waals surface area contributed by atoms with Crippen LogP contribution in [0, 0.1) is 0 Å². The van der Waals surface area contributed by atoms with Gasteiger partial charge in [0.25, 0.3) is 0 Å². The molecule has 1 unspecified atom stereocenters. The van der Waals surface area contributed by atoms with Gasteiger partial charge in [-0.05, 0) is 23.8 Å². The minimum atomic E-state index is -3.69. The van der Waals surface area contributed by atoms with Crippen LogP contribution in [-0.4, -0.2) is 35.9 Å². The fourth-order valence-electron chi connectivity index (χ4n) is 2.51. The van der Waals surface area contributed by atoms with Gasteiger partial charge in [-0.25, -0.2) is 13.6 Å². The Labute approximate surface area is 128 Å². The van der Waals surface area contributed by atoms with Crippen LogP contribution in [0.25, 0.3) is 0 Å². The van der Waals surface area contributed by atoms with Gasteiger partial charge in [0.2, 0.25) is 15.9 Å². The van der Waals surface area contributed by atoms with E-state index in [0.717, 1.165) is 5.56 Å². The van der Waals surface area contributed by atoms with Crippen molar-refractivity contribution in [2.45, 2.75) is 18.2 Å². The van der Waals surface area contributed by atoms with Gasteiger partial charge in [-0.3, -0.25) is 9.48 Å². The number of sulfonamides is 1. The molecule has 116 valence electrons. The molecule has 2 N–H and O–H groups in total. The van der Waals surface area contributed by atoms with Crippen molar-refractivity contribution in [3.8, 4) is 0 Å². The molecule has 0 aliphatic carbocycles. The number of aromatic nitrogens is 2. The number of benzene rings is 1. The number of carbonyl (C=O) groups excluding carboxylic acids is 1. The van der Waals surface area contributed by atoms with Gasteiger partial charge >= 0.3 is 0 Å². The summed E-state index contributed by atoms with van der Waals surface area (Å²) >= 11 is 0. The Hall–Kier alpha value is -2.19. The van der Waals surface area contributed by atoms with Crippen molar-refractivity contribution in [1.29, 1.82) is 0 Å². The first-order valence-corrected chi connectivity index (χ1v) is 8.43. The van der Waals surface area contributed by atoms with E-state index < -0.39 is 15.3 Å². The lowest BCUT2D eigenvalue weighted by molar-refractivity contribution is -0.117. The number of anilines is 1. The van der Waals surface area contributed by atoms with E-state index >= 15 is 0 Å². The molecular weight excluding hydrogens is 304 g/mol. The van der Waals surface area contributed by atoms with Crippen LogP contribution in [0.5, 0.6) is 0 Å². The van der Waals surface area contributed by atoms with Crippen LogP contribution < -0.4 is 10.0 Å². The van der Waals surface area contributed by atoms with Crippen molar-refractivity contribution < 1.29 is 13.2 Å². The molecule has 1 aromatic carbocycles. The smallest absolute Gasteiger partial charge is 0.228 e. The lowest BCUT2D eigenvalue weighted by atomic mass is 10.2. The Morgan fingerprint density at radius 2 is 2.00 bits per heavy atom. The molecule has 1 fully saturated rings. The van der Waals surface area contributed by atoms with Crippen molar-refractivity contribution in [3.05, 3.63) is 48.3 Å².